The van der Waals surface area contributed by atoms with E-state index in [1.165, 1.54) is 44.9 Å². The van der Waals surface area contributed by atoms with Crippen molar-refractivity contribution in [3.05, 3.63) is 0 Å². The molecule has 1 atom stereocenters. The van der Waals surface area contributed by atoms with Crippen LogP contribution >= 0.6 is 20.0 Å². The summed E-state index contributed by atoms with van der Waals surface area (Å²) in [5, 5.41) is 0.487. The van der Waals surface area contributed by atoms with Crippen LogP contribution in [0.2, 0.25) is 0 Å². The summed E-state index contributed by atoms with van der Waals surface area (Å²) in [5.74, 6) is 0.934. The Bertz CT molecular complexity index is 137. The van der Waals surface area contributed by atoms with Gasteiger partial charge < -0.3 is 0 Å². The first-order valence-corrected chi connectivity index (χ1v) is 7.87. The maximum absolute atomic E-state index is 4.50. The molecule has 0 heterocycles. The average Bonchev–Trinajstić information content (AvgIpc) is 2.03. The Morgan fingerprint density at radius 3 is 1.92 bits per heavy atom. The van der Waals surface area contributed by atoms with Crippen LogP contribution < -0.4 is 0 Å². The third-order valence-corrected chi connectivity index (χ3v) is 6.13. The minimum atomic E-state index is 0.487. The van der Waals surface area contributed by atoms with Crippen molar-refractivity contribution in [2.45, 2.75) is 63.9 Å². The van der Waals surface area contributed by atoms with Crippen molar-refractivity contribution in [3.8, 4) is 0 Å². The lowest BCUT2D eigenvalue weighted by Crippen LogP contribution is -2.26. The lowest BCUT2D eigenvalue weighted by atomic mass is 9.83. The van der Waals surface area contributed by atoms with Crippen LogP contribution in [0.25, 0.3) is 0 Å². The van der Waals surface area contributed by atoms with Gasteiger partial charge in [0, 0.05) is 0 Å². The summed E-state index contributed by atoms with van der Waals surface area (Å²) in [6.45, 7) is 4.79. The number of thiol groups is 1. The zero-order chi connectivity index (χ0) is 9.73. The van der Waals surface area contributed by atoms with Gasteiger partial charge in [-0.05, 0) is 23.9 Å². The Balaban J connectivity index is 2.45. The predicted molar refractivity (Wildman–Crippen MR) is 67.2 cm³/mol. The van der Waals surface area contributed by atoms with E-state index in [1.54, 1.807) is 0 Å². The van der Waals surface area contributed by atoms with Crippen LogP contribution in [0.4, 0.5) is 0 Å². The molecular weight excluding hydrogens is 195 g/mol. The minimum Gasteiger partial charge on any atom is -0.154 e. The fraction of sp³-hybridized carbons (Fsp3) is 1.00. The highest BCUT2D eigenvalue weighted by molar-refractivity contribution is 8.38. The number of hydrogen-bond acceptors (Lipinski definition) is 1. The van der Waals surface area contributed by atoms with Gasteiger partial charge in [-0.15, -0.1) is 0 Å². The first-order valence-electron chi connectivity index (χ1n) is 5.58. The molecule has 0 aliphatic heterocycles. The molecule has 0 saturated heterocycles. The van der Waals surface area contributed by atoms with Crippen molar-refractivity contribution in [1.29, 1.82) is 0 Å². The summed E-state index contributed by atoms with van der Waals surface area (Å²) in [4.78, 5) is 0. The maximum Gasteiger partial charge on any atom is -0.00605 e. The molecule has 78 valence electrons. The second-order valence-corrected chi connectivity index (χ2v) is 7.06. The van der Waals surface area contributed by atoms with Crippen LogP contribution in [0, 0.1) is 5.92 Å². The van der Waals surface area contributed by atoms with Gasteiger partial charge in [-0.1, -0.05) is 53.7 Å². The zero-order valence-corrected chi connectivity index (χ0v) is 10.9. The Hall–Kier alpha value is 0.780. The minimum absolute atomic E-state index is 0.487. The van der Waals surface area contributed by atoms with Gasteiger partial charge >= 0.3 is 0 Å². The van der Waals surface area contributed by atoms with Crippen molar-refractivity contribution in [3.63, 3.8) is 0 Å². The third-order valence-electron chi connectivity index (χ3n) is 3.41. The van der Waals surface area contributed by atoms with E-state index in [2.05, 4.69) is 26.1 Å². The second-order valence-electron chi connectivity index (χ2n) is 4.88. The van der Waals surface area contributed by atoms with Crippen molar-refractivity contribution in [2.24, 2.45) is 5.92 Å². The van der Waals surface area contributed by atoms with Gasteiger partial charge in [-0.3, -0.25) is 0 Å². The Labute approximate surface area is 90.2 Å². The van der Waals surface area contributed by atoms with Crippen LogP contribution in [-0.2, 0) is 0 Å². The van der Waals surface area contributed by atoms with Gasteiger partial charge in [0.2, 0.25) is 0 Å². The van der Waals surface area contributed by atoms with E-state index < -0.39 is 0 Å². The molecule has 1 unspecified atom stereocenters. The van der Waals surface area contributed by atoms with E-state index >= 15 is 0 Å². The van der Waals surface area contributed by atoms with Gasteiger partial charge in [-0.25, -0.2) is 0 Å². The summed E-state index contributed by atoms with van der Waals surface area (Å²) in [5.41, 5.74) is 0. The van der Waals surface area contributed by atoms with Gasteiger partial charge in [0.25, 0.3) is 0 Å². The summed E-state index contributed by atoms with van der Waals surface area (Å²) >= 11 is 4.50. The first kappa shape index (κ1) is 11.9. The molecule has 1 saturated carbocycles. The summed E-state index contributed by atoms with van der Waals surface area (Å²) < 4.78 is 0. The van der Waals surface area contributed by atoms with Gasteiger partial charge in [0.1, 0.15) is 0 Å². The van der Waals surface area contributed by atoms with Crippen LogP contribution in [0.1, 0.15) is 58.8 Å². The highest BCUT2D eigenvalue weighted by Crippen LogP contribution is 2.45. The first-order chi connectivity index (χ1) is 6.17. The lowest BCUT2D eigenvalue weighted by molar-refractivity contribution is 0.322. The Morgan fingerprint density at radius 2 is 1.46 bits per heavy atom. The normalized spacial score (nSPS) is 23.3. The lowest BCUT2D eigenvalue weighted by Gasteiger charge is -2.34. The molecule has 0 nitrogen and oxygen atoms in total. The predicted octanol–water partition coefficient (Wildman–Crippen LogP) is 4.65. The van der Waals surface area contributed by atoms with Crippen molar-refractivity contribution < 1.29 is 0 Å². The van der Waals surface area contributed by atoms with E-state index in [1.807, 2.05) is 0 Å². The van der Waals surface area contributed by atoms with E-state index in [-0.39, 0.29) is 0 Å². The van der Waals surface area contributed by atoms with Crippen LogP contribution in [-0.4, -0.2) is 5.16 Å². The summed E-state index contributed by atoms with van der Waals surface area (Å²) in [6.07, 6.45) is 10.2. The van der Waals surface area contributed by atoms with Crippen LogP contribution in [0.5, 0.6) is 0 Å². The molecule has 0 aromatic rings. The zero-order valence-electron chi connectivity index (χ0n) is 8.97. The van der Waals surface area contributed by atoms with Crippen molar-refractivity contribution in [1.82, 2.24) is 0 Å². The molecule has 0 aromatic carbocycles. The van der Waals surface area contributed by atoms with Crippen molar-refractivity contribution >= 4 is 20.0 Å². The topological polar surface area (TPSA) is 0 Å². The Morgan fingerprint density at radius 1 is 1.00 bits per heavy atom. The standard InChI is InChI=1S/C11H23PS/c1-11(2,12-13)10-8-6-4-3-5-7-9-10/h10,12-13H,3-9H2,1-2H3. The third kappa shape index (κ3) is 3.80. The molecule has 1 rings (SSSR count). The molecule has 1 aliphatic rings. The largest absolute Gasteiger partial charge is 0.154 e. The highest BCUT2D eigenvalue weighted by Gasteiger charge is 2.27. The second kappa shape index (κ2) is 5.61. The fourth-order valence-electron chi connectivity index (χ4n) is 2.27. The molecule has 1 aliphatic carbocycles. The average molecular weight is 218 g/mol. The quantitative estimate of drug-likeness (QED) is 0.506. The van der Waals surface area contributed by atoms with E-state index in [0.717, 1.165) is 13.7 Å². The number of rotatable bonds is 2. The van der Waals surface area contributed by atoms with Gasteiger partial charge in [0.05, 0.1) is 0 Å². The summed E-state index contributed by atoms with van der Waals surface area (Å²) in [6, 6.07) is 0. The van der Waals surface area contributed by atoms with E-state index in [9.17, 15) is 0 Å². The van der Waals surface area contributed by atoms with E-state index in [4.69, 9.17) is 0 Å². The van der Waals surface area contributed by atoms with Gasteiger partial charge in [0.15, 0.2) is 0 Å². The maximum atomic E-state index is 4.50. The molecule has 0 N–H and O–H groups in total. The number of hydrogen-bond donors (Lipinski definition) is 1. The molecule has 1 fully saturated rings. The highest BCUT2D eigenvalue weighted by atomic mass is 32.7. The molecule has 0 amide bonds. The molecule has 0 aromatic heterocycles. The SMILES string of the molecule is CC(C)(PS)C1CCCCCCC1. The monoisotopic (exact) mass is 218 g/mol. The van der Waals surface area contributed by atoms with Crippen LogP contribution in [0.3, 0.4) is 0 Å². The molecule has 0 radical (unpaired) electrons. The molecule has 0 bridgehead atoms. The van der Waals surface area contributed by atoms with Crippen molar-refractivity contribution in [2.75, 3.05) is 0 Å². The molecule has 0 spiro atoms. The fourth-order valence-corrected chi connectivity index (χ4v) is 3.29. The summed E-state index contributed by atoms with van der Waals surface area (Å²) in [7, 11) is 0.804. The molecule has 13 heavy (non-hydrogen) atoms. The Kier molecular flexibility index (Phi) is 5.11. The molecule has 2 heteroatoms. The smallest absolute Gasteiger partial charge is 0.00605 e. The van der Waals surface area contributed by atoms with E-state index in [0.29, 0.717) is 5.16 Å². The van der Waals surface area contributed by atoms with Gasteiger partial charge in [-0.2, -0.15) is 12.2 Å². The molecular formula is C11H23PS. The van der Waals surface area contributed by atoms with Crippen LogP contribution in [0.15, 0.2) is 0 Å².